The summed E-state index contributed by atoms with van der Waals surface area (Å²) in [6.45, 7) is 2.82. The molecule has 0 spiro atoms. The average Bonchev–Trinajstić information content (AvgIpc) is 1.98. The number of ketones is 2. The minimum atomic E-state index is -0.289. The Labute approximate surface area is 64.8 Å². The first kappa shape index (κ1) is 9.72. The molecular weight excluding hydrogens is 144 g/mol. The van der Waals surface area contributed by atoms with E-state index < -0.39 is 0 Å². The molecule has 0 unspecified atom stereocenters. The van der Waals surface area contributed by atoms with Crippen molar-refractivity contribution in [2.75, 3.05) is 0 Å². The fourth-order valence-electron chi connectivity index (χ4n) is 0.526. The predicted molar refractivity (Wildman–Crippen MR) is 39.2 cm³/mol. The van der Waals surface area contributed by atoms with E-state index in [0.29, 0.717) is 0 Å². The van der Waals surface area contributed by atoms with Crippen LogP contribution in [0.5, 0.6) is 0 Å². The van der Waals surface area contributed by atoms with Crippen LogP contribution in [0.4, 0.5) is 0 Å². The van der Waals surface area contributed by atoms with Crippen LogP contribution in [0.2, 0.25) is 0 Å². The van der Waals surface area contributed by atoms with Gasteiger partial charge in [0.25, 0.3) is 0 Å². The summed E-state index contributed by atoms with van der Waals surface area (Å²) in [5, 5.41) is 0. The van der Waals surface area contributed by atoms with E-state index in [1.54, 1.807) is 0 Å². The Morgan fingerprint density at radius 2 is 1.82 bits per heavy atom. The number of hydrogen-bond acceptors (Lipinski definition) is 2. The molecule has 0 saturated heterocycles. The predicted octanol–water partition coefficient (Wildman–Crippen LogP) is 0.615. The maximum absolute atomic E-state index is 10.8. The molecule has 0 saturated carbocycles. The van der Waals surface area contributed by atoms with Gasteiger partial charge in [-0.15, -0.1) is 0 Å². The SMILES string of the molecule is CC(=O)CCC(=O)C(C)=[N+]=[N-]. The Morgan fingerprint density at radius 3 is 2.18 bits per heavy atom. The number of rotatable bonds is 4. The second kappa shape index (κ2) is 4.52. The zero-order valence-corrected chi connectivity index (χ0v) is 6.63. The minimum absolute atomic E-state index is 0.0379. The molecule has 0 aromatic carbocycles. The standard InChI is InChI=1S/C7H10N2O2/c1-5(10)3-4-7(11)6(2)9-8/h3-4H2,1-2H3. The lowest BCUT2D eigenvalue weighted by molar-refractivity contribution is -0.122. The van der Waals surface area contributed by atoms with Gasteiger partial charge in [0, 0.05) is 19.8 Å². The third-order valence-corrected chi connectivity index (χ3v) is 1.26. The summed E-state index contributed by atoms with van der Waals surface area (Å²) in [6, 6.07) is 0. The van der Waals surface area contributed by atoms with Crippen LogP contribution in [0.25, 0.3) is 5.53 Å². The van der Waals surface area contributed by atoms with Crippen LogP contribution in [-0.2, 0) is 9.59 Å². The Kier molecular flexibility index (Phi) is 4.00. The van der Waals surface area contributed by atoms with E-state index in [0.717, 1.165) is 0 Å². The fraction of sp³-hybridized carbons (Fsp3) is 0.571. The van der Waals surface area contributed by atoms with E-state index in [4.69, 9.17) is 5.53 Å². The molecule has 60 valence electrons. The van der Waals surface area contributed by atoms with Crippen LogP contribution in [-0.4, -0.2) is 22.1 Å². The lowest BCUT2D eigenvalue weighted by atomic mass is 10.1. The number of carbonyl (C=O) groups excluding carboxylic acids is 2. The normalized spacial score (nSPS) is 8.55. The smallest absolute Gasteiger partial charge is 0.331 e. The monoisotopic (exact) mass is 154 g/mol. The van der Waals surface area contributed by atoms with Crippen molar-refractivity contribution in [1.82, 2.24) is 0 Å². The summed E-state index contributed by atoms with van der Waals surface area (Å²) in [5.74, 6) is -0.327. The van der Waals surface area contributed by atoms with Crippen molar-refractivity contribution < 1.29 is 14.4 Å². The van der Waals surface area contributed by atoms with Crippen molar-refractivity contribution in [2.24, 2.45) is 0 Å². The number of Topliss-reactive ketones (excluding diaryl/α,β-unsaturated/α-hetero) is 2. The molecule has 4 heteroatoms. The molecule has 0 amide bonds. The van der Waals surface area contributed by atoms with Gasteiger partial charge in [-0.2, -0.15) is 4.79 Å². The molecular formula is C7H10N2O2. The zero-order valence-electron chi connectivity index (χ0n) is 6.63. The highest BCUT2D eigenvalue weighted by Crippen LogP contribution is 1.92. The van der Waals surface area contributed by atoms with Gasteiger partial charge in [-0.25, -0.2) is 0 Å². The quantitative estimate of drug-likeness (QED) is 0.338. The summed E-state index contributed by atoms with van der Waals surface area (Å²) in [6.07, 6.45) is 0.344. The first-order valence-corrected chi connectivity index (χ1v) is 3.29. The molecule has 0 radical (unpaired) electrons. The van der Waals surface area contributed by atoms with Crippen molar-refractivity contribution in [3.8, 4) is 0 Å². The number of nitrogens with zero attached hydrogens (tertiary/aromatic N) is 2. The molecule has 0 fully saturated rings. The lowest BCUT2D eigenvalue weighted by Crippen LogP contribution is -2.11. The van der Waals surface area contributed by atoms with Crippen molar-refractivity contribution >= 4 is 17.3 Å². The summed E-state index contributed by atoms with van der Waals surface area (Å²) < 4.78 is 0. The second-order valence-electron chi connectivity index (χ2n) is 2.31. The minimum Gasteiger partial charge on any atom is -0.361 e. The van der Waals surface area contributed by atoms with Gasteiger partial charge in [0.1, 0.15) is 5.78 Å². The Hall–Kier alpha value is -1.28. The van der Waals surface area contributed by atoms with E-state index in [9.17, 15) is 9.59 Å². The Balaban J connectivity index is 3.90. The molecule has 0 heterocycles. The molecule has 0 aromatic heterocycles. The van der Waals surface area contributed by atoms with Gasteiger partial charge < -0.3 is 10.3 Å². The van der Waals surface area contributed by atoms with Gasteiger partial charge in [-0.3, -0.25) is 4.79 Å². The topological polar surface area (TPSA) is 70.5 Å². The van der Waals surface area contributed by atoms with Crippen molar-refractivity contribution in [1.29, 1.82) is 0 Å². The molecule has 0 bridgehead atoms. The summed E-state index contributed by atoms with van der Waals surface area (Å²) in [5.41, 5.74) is 8.20. The van der Waals surface area contributed by atoms with E-state index >= 15 is 0 Å². The fourth-order valence-corrected chi connectivity index (χ4v) is 0.526. The van der Waals surface area contributed by atoms with Gasteiger partial charge in [-0.05, 0) is 6.92 Å². The van der Waals surface area contributed by atoms with Crippen LogP contribution in [0.15, 0.2) is 0 Å². The van der Waals surface area contributed by atoms with Gasteiger partial charge in [0.05, 0.1) is 0 Å². The van der Waals surface area contributed by atoms with Gasteiger partial charge in [0.15, 0.2) is 0 Å². The second-order valence-corrected chi connectivity index (χ2v) is 2.31. The Morgan fingerprint density at radius 1 is 1.27 bits per heavy atom. The average molecular weight is 154 g/mol. The van der Waals surface area contributed by atoms with E-state index in [2.05, 4.69) is 4.79 Å². The molecule has 0 aliphatic rings. The van der Waals surface area contributed by atoms with Crippen LogP contribution >= 0.6 is 0 Å². The molecule has 0 rings (SSSR count). The molecule has 11 heavy (non-hydrogen) atoms. The molecule has 4 nitrogen and oxygen atoms in total. The van der Waals surface area contributed by atoms with Crippen molar-refractivity contribution in [2.45, 2.75) is 26.7 Å². The van der Waals surface area contributed by atoms with E-state index in [-0.39, 0.29) is 30.1 Å². The number of carbonyl (C=O) groups is 2. The summed E-state index contributed by atoms with van der Waals surface area (Å²) in [4.78, 5) is 24.0. The maximum atomic E-state index is 10.8. The van der Waals surface area contributed by atoms with Crippen LogP contribution < -0.4 is 0 Å². The summed E-state index contributed by atoms with van der Waals surface area (Å²) >= 11 is 0. The van der Waals surface area contributed by atoms with E-state index in [1.165, 1.54) is 13.8 Å². The van der Waals surface area contributed by atoms with E-state index in [1.807, 2.05) is 0 Å². The molecule has 0 N–H and O–H groups in total. The largest absolute Gasteiger partial charge is 0.361 e. The van der Waals surface area contributed by atoms with Crippen molar-refractivity contribution in [3.63, 3.8) is 0 Å². The Bertz CT molecular complexity index is 227. The molecule has 0 aromatic rings. The maximum Gasteiger partial charge on any atom is 0.331 e. The number of hydrogen-bond donors (Lipinski definition) is 0. The summed E-state index contributed by atoms with van der Waals surface area (Å²) in [7, 11) is 0. The highest BCUT2D eigenvalue weighted by molar-refractivity contribution is 6.36. The van der Waals surface area contributed by atoms with Crippen LogP contribution in [0, 0.1) is 0 Å². The highest BCUT2D eigenvalue weighted by atomic mass is 16.1. The third-order valence-electron chi connectivity index (χ3n) is 1.26. The van der Waals surface area contributed by atoms with Crippen LogP contribution in [0.1, 0.15) is 26.7 Å². The lowest BCUT2D eigenvalue weighted by Gasteiger charge is -1.88. The first-order valence-electron chi connectivity index (χ1n) is 3.29. The van der Waals surface area contributed by atoms with Gasteiger partial charge in [-0.1, -0.05) is 0 Å². The first-order chi connectivity index (χ1) is 5.07. The molecule has 0 aliphatic heterocycles. The third kappa shape index (κ3) is 4.17. The zero-order chi connectivity index (χ0) is 8.85. The van der Waals surface area contributed by atoms with Gasteiger partial charge >= 0.3 is 5.71 Å². The van der Waals surface area contributed by atoms with Crippen molar-refractivity contribution in [3.05, 3.63) is 5.53 Å². The van der Waals surface area contributed by atoms with Crippen LogP contribution in [0.3, 0.4) is 0 Å². The molecule has 0 aliphatic carbocycles. The highest BCUT2D eigenvalue weighted by Gasteiger charge is 2.13. The molecule has 0 atom stereocenters. The van der Waals surface area contributed by atoms with Gasteiger partial charge in [0.2, 0.25) is 5.78 Å².